The van der Waals surface area contributed by atoms with Crippen molar-refractivity contribution in [1.82, 2.24) is 9.97 Å². The van der Waals surface area contributed by atoms with E-state index in [2.05, 4.69) is 20.0 Å². The zero-order valence-electron chi connectivity index (χ0n) is 18.9. The molecule has 34 heavy (non-hydrogen) atoms. The smallest absolute Gasteiger partial charge is 0.464 e. The second kappa shape index (κ2) is 9.82. The average molecular weight is 472 g/mol. The number of methoxy groups -OCH3 is 1. The Hall–Kier alpha value is -4.08. The van der Waals surface area contributed by atoms with Gasteiger partial charge in [0.25, 0.3) is 0 Å². The number of hydrogen-bond acceptors (Lipinski definition) is 7. The van der Waals surface area contributed by atoms with E-state index in [1.54, 1.807) is 6.92 Å². The van der Waals surface area contributed by atoms with Gasteiger partial charge in [-0.2, -0.15) is 0 Å². The van der Waals surface area contributed by atoms with Gasteiger partial charge in [-0.1, -0.05) is 18.2 Å². The summed E-state index contributed by atoms with van der Waals surface area (Å²) in [6, 6.07) is 12.2. The minimum Gasteiger partial charge on any atom is -0.464 e. The summed E-state index contributed by atoms with van der Waals surface area (Å²) in [6.07, 6.45) is -4.79. The summed E-state index contributed by atoms with van der Waals surface area (Å²) < 4.78 is 45.9. The van der Waals surface area contributed by atoms with Crippen LogP contribution in [0.25, 0.3) is 5.57 Å². The van der Waals surface area contributed by atoms with Crippen molar-refractivity contribution >= 4 is 23.0 Å². The molecule has 0 amide bonds. The van der Waals surface area contributed by atoms with Crippen LogP contribution in [0.4, 0.5) is 24.7 Å². The van der Waals surface area contributed by atoms with Crippen molar-refractivity contribution in [3.63, 3.8) is 0 Å². The molecule has 1 aromatic heterocycles. The fourth-order valence-electron chi connectivity index (χ4n) is 3.41. The number of esters is 1. The number of hydrogen-bond donors (Lipinski definition) is 2. The number of carbonyl (C=O) groups excluding carboxylic acids is 1. The van der Waals surface area contributed by atoms with Gasteiger partial charge in [0.1, 0.15) is 11.6 Å². The van der Waals surface area contributed by atoms with Gasteiger partial charge in [-0.3, -0.25) is 0 Å². The first-order chi connectivity index (χ1) is 16.0. The SMILES string of the molecule is COC(=O)c1cc(Nc2ccc(OC(F)(F)F)cc2)nc(C(=C(C)N)c2c(C)cccc2C)n1. The largest absolute Gasteiger partial charge is 0.573 e. The number of halogens is 3. The third-order valence-corrected chi connectivity index (χ3v) is 4.83. The number of alkyl halides is 3. The van der Waals surface area contributed by atoms with Gasteiger partial charge >= 0.3 is 12.3 Å². The summed E-state index contributed by atoms with van der Waals surface area (Å²) in [5.41, 5.74) is 10.3. The maximum atomic E-state index is 12.4. The van der Waals surface area contributed by atoms with Gasteiger partial charge in [-0.05, 0) is 61.7 Å². The first-order valence-corrected chi connectivity index (χ1v) is 10.1. The third kappa shape index (κ3) is 5.83. The molecule has 0 aliphatic heterocycles. The highest BCUT2D eigenvalue weighted by atomic mass is 19.4. The summed E-state index contributed by atoms with van der Waals surface area (Å²) in [5.74, 6) is -0.633. The standard InChI is InChI=1S/C24H23F3N4O3/c1-13-6-5-7-14(2)20(13)21(15(3)28)22-30-18(23(32)33-4)12-19(31-22)29-16-8-10-17(11-9-16)34-24(25,26)27/h5-12H,28H2,1-4H3,(H,29,30,31). The van der Waals surface area contributed by atoms with Crippen LogP contribution in [0, 0.1) is 13.8 Å². The zero-order chi connectivity index (χ0) is 25.0. The van der Waals surface area contributed by atoms with Gasteiger partial charge in [0.05, 0.1) is 7.11 Å². The quantitative estimate of drug-likeness (QED) is 0.472. The van der Waals surface area contributed by atoms with Crippen molar-refractivity contribution in [1.29, 1.82) is 0 Å². The molecule has 0 bridgehead atoms. The molecule has 3 rings (SSSR count). The second-order valence-electron chi connectivity index (χ2n) is 7.48. The van der Waals surface area contributed by atoms with E-state index in [-0.39, 0.29) is 23.1 Å². The number of rotatable bonds is 6. The number of nitrogens with one attached hydrogen (secondary N) is 1. The van der Waals surface area contributed by atoms with E-state index in [0.717, 1.165) is 28.8 Å². The van der Waals surface area contributed by atoms with E-state index in [9.17, 15) is 18.0 Å². The number of aromatic nitrogens is 2. The predicted molar refractivity (Wildman–Crippen MR) is 122 cm³/mol. The molecule has 10 heteroatoms. The van der Waals surface area contributed by atoms with Gasteiger partial charge in [-0.25, -0.2) is 14.8 Å². The number of benzene rings is 2. The van der Waals surface area contributed by atoms with Crippen molar-refractivity contribution in [2.75, 3.05) is 12.4 Å². The molecule has 0 saturated heterocycles. The molecule has 7 nitrogen and oxygen atoms in total. The molecule has 0 aliphatic rings. The molecule has 3 aromatic rings. The number of ether oxygens (including phenoxy) is 2. The van der Waals surface area contributed by atoms with Crippen LogP contribution in [-0.4, -0.2) is 29.4 Å². The molecule has 0 radical (unpaired) electrons. The van der Waals surface area contributed by atoms with Gasteiger partial charge in [-0.15, -0.1) is 13.2 Å². The lowest BCUT2D eigenvalue weighted by molar-refractivity contribution is -0.274. The Labute approximate surface area is 194 Å². The van der Waals surface area contributed by atoms with E-state index in [1.807, 2.05) is 32.0 Å². The van der Waals surface area contributed by atoms with Crippen LogP contribution in [0.15, 0.2) is 54.2 Å². The van der Waals surface area contributed by atoms with Gasteiger partial charge in [0.2, 0.25) is 0 Å². The third-order valence-electron chi connectivity index (χ3n) is 4.83. The van der Waals surface area contributed by atoms with Crippen molar-refractivity contribution in [3.05, 3.63) is 82.4 Å². The predicted octanol–water partition coefficient (Wildman–Crippen LogP) is 5.26. The molecule has 178 valence electrons. The Kier molecular flexibility index (Phi) is 7.09. The molecular formula is C24H23F3N4O3. The van der Waals surface area contributed by atoms with Crippen LogP contribution < -0.4 is 15.8 Å². The average Bonchev–Trinajstić information content (AvgIpc) is 2.75. The molecule has 3 N–H and O–H groups in total. The molecule has 2 aromatic carbocycles. The Bertz CT molecular complexity index is 1210. The summed E-state index contributed by atoms with van der Waals surface area (Å²) in [5, 5.41) is 2.97. The highest BCUT2D eigenvalue weighted by Gasteiger charge is 2.31. The van der Waals surface area contributed by atoms with Crippen LogP contribution >= 0.6 is 0 Å². The maximum absolute atomic E-state index is 12.4. The van der Waals surface area contributed by atoms with E-state index in [0.29, 0.717) is 17.0 Å². The summed E-state index contributed by atoms with van der Waals surface area (Å²) in [6.45, 7) is 5.57. The number of nitrogens with two attached hydrogens (primary N) is 1. The number of carbonyl (C=O) groups is 1. The van der Waals surface area contributed by atoms with E-state index >= 15 is 0 Å². The lowest BCUT2D eigenvalue weighted by Crippen LogP contribution is -2.17. The highest BCUT2D eigenvalue weighted by molar-refractivity contribution is 5.90. The minimum atomic E-state index is -4.79. The molecule has 0 saturated carbocycles. The summed E-state index contributed by atoms with van der Waals surface area (Å²) in [7, 11) is 1.23. The fraction of sp³-hybridized carbons (Fsp3) is 0.208. The lowest BCUT2D eigenvalue weighted by Gasteiger charge is -2.17. The van der Waals surface area contributed by atoms with Crippen molar-refractivity contribution < 1.29 is 27.4 Å². The Morgan fingerprint density at radius 3 is 2.18 bits per heavy atom. The molecular weight excluding hydrogens is 449 g/mol. The monoisotopic (exact) mass is 472 g/mol. The maximum Gasteiger partial charge on any atom is 0.573 e. The van der Waals surface area contributed by atoms with Gasteiger partial charge in [0, 0.05) is 23.0 Å². The number of allylic oxidation sites excluding steroid dienone is 1. The van der Waals surface area contributed by atoms with E-state index < -0.39 is 12.3 Å². The molecule has 1 heterocycles. The summed E-state index contributed by atoms with van der Waals surface area (Å²) >= 11 is 0. The van der Waals surface area contributed by atoms with Gasteiger partial charge < -0.3 is 20.5 Å². The zero-order valence-corrected chi connectivity index (χ0v) is 18.9. The Morgan fingerprint density at radius 1 is 1.03 bits per heavy atom. The Balaban J connectivity index is 2.06. The Morgan fingerprint density at radius 2 is 1.65 bits per heavy atom. The first-order valence-electron chi connectivity index (χ1n) is 10.1. The normalized spacial score (nSPS) is 12.1. The molecule has 0 aliphatic carbocycles. The van der Waals surface area contributed by atoms with Crippen molar-refractivity contribution in [3.8, 4) is 5.75 Å². The lowest BCUT2D eigenvalue weighted by atomic mass is 9.94. The van der Waals surface area contributed by atoms with Crippen LogP contribution in [0.2, 0.25) is 0 Å². The minimum absolute atomic E-state index is 0.0167. The van der Waals surface area contributed by atoms with Crippen LogP contribution in [0.1, 0.15) is 39.9 Å². The fourth-order valence-corrected chi connectivity index (χ4v) is 3.41. The number of anilines is 2. The number of nitrogens with zero attached hydrogens (tertiary/aromatic N) is 2. The molecule has 0 fully saturated rings. The summed E-state index contributed by atoms with van der Waals surface area (Å²) in [4.78, 5) is 21.2. The van der Waals surface area contributed by atoms with Crippen LogP contribution in [-0.2, 0) is 4.74 Å². The highest BCUT2D eigenvalue weighted by Crippen LogP contribution is 2.30. The van der Waals surface area contributed by atoms with Crippen LogP contribution in [0.5, 0.6) is 5.75 Å². The number of aryl methyl sites for hydroxylation is 2. The van der Waals surface area contributed by atoms with Crippen molar-refractivity contribution in [2.24, 2.45) is 5.73 Å². The second-order valence-corrected chi connectivity index (χ2v) is 7.48. The topological polar surface area (TPSA) is 99.4 Å². The first kappa shape index (κ1) is 24.6. The molecule has 0 unspecified atom stereocenters. The molecule has 0 spiro atoms. The van der Waals surface area contributed by atoms with Crippen molar-refractivity contribution in [2.45, 2.75) is 27.1 Å². The van der Waals surface area contributed by atoms with E-state index in [4.69, 9.17) is 10.5 Å². The molecule has 0 atom stereocenters. The van der Waals surface area contributed by atoms with E-state index in [1.165, 1.54) is 25.3 Å². The van der Waals surface area contributed by atoms with Crippen LogP contribution in [0.3, 0.4) is 0 Å². The van der Waals surface area contributed by atoms with Gasteiger partial charge in [0.15, 0.2) is 11.5 Å².